The van der Waals surface area contributed by atoms with Crippen molar-refractivity contribution in [3.05, 3.63) is 12.7 Å². The first-order chi connectivity index (χ1) is 11.9. The van der Waals surface area contributed by atoms with E-state index in [1.165, 1.54) is 0 Å². The van der Waals surface area contributed by atoms with Gasteiger partial charge in [0.05, 0.1) is 12.2 Å². The second-order valence-corrected chi connectivity index (χ2v) is 20.9. The quantitative estimate of drug-likeness (QED) is 0.322. The molecule has 0 aromatic carbocycles. The Kier molecular flexibility index (Phi) is 9.72. The molecule has 0 aromatic heterocycles. The molecule has 0 amide bonds. The van der Waals surface area contributed by atoms with E-state index in [1.54, 1.807) is 0 Å². The lowest BCUT2D eigenvalue weighted by Crippen LogP contribution is -2.48. The molecule has 0 aromatic rings. The van der Waals surface area contributed by atoms with Crippen LogP contribution in [0.1, 0.15) is 61.8 Å². The molecule has 0 aliphatic heterocycles. The molecule has 0 heterocycles. The number of rotatable bonds is 10. The highest BCUT2D eigenvalue weighted by molar-refractivity contribution is 6.74. The van der Waals surface area contributed by atoms with Gasteiger partial charge in [-0.15, -0.1) is 6.58 Å². The lowest BCUT2D eigenvalue weighted by Gasteiger charge is -2.43. The molecule has 1 N–H and O–H groups in total. The zero-order chi connectivity index (χ0) is 21.8. The van der Waals surface area contributed by atoms with Crippen molar-refractivity contribution >= 4 is 16.6 Å². The monoisotopic (exact) mass is 416 g/mol. The molecule has 0 aliphatic rings. The smallest absolute Gasteiger partial charge is 0.192 e. The van der Waals surface area contributed by atoms with Gasteiger partial charge in [-0.05, 0) is 48.6 Å². The number of aliphatic hydroxyl groups is 1. The van der Waals surface area contributed by atoms with E-state index in [1.807, 2.05) is 13.0 Å². The Morgan fingerprint density at radius 3 is 1.74 bits per heavy atom. The predicted octanol–water partition coefficient (Wildman–Crippen LogP) is 6.61. The van der Waals surface area contributed by atoms with Gasteiger partial charge in [-0.25, -0.2) is 0 Å². The molecule has 3 nitrogen and oxygen atoms in total. The summed E-state index contributed by atoms with van der Waals surface area (Å²) in [7, 11) is -3.74. The summed E-state index contributed by atoms with van der Waals surface area (Å²) in [4.78, 5) is 0. The normalized spacial score (nSPS) is 18.7. The third kappa shape index (κ3) is 8.13. The maximum atomic E-state index is 10.6. The van der Waals surface area contributed by atoms with Gasteiger partial charge in [0.1, 0.15) is 0 Å². The van der Waals surface area contributed by atoms with Gasteiger partial charge in [-0.3, -0.25) is 0 Å². The molecule has 0 aliphatic carbocycles. The maximum absolute atomic E-state index is 10.6. The van der Waals surface area contributed by atoms with Gasteiger partial charge in [0.15, 0.2) is 16.6 Å². The standard InChI is InChI=1S/C22H48O3Si2/c1-14-17(2)19(23)15-20(25-27(12,13)22(7,8)9)18(3)16-24-26(10,11)21(4,5)6/h14,17-20,23H,1,15-16H2,2-13H3/t17-,18-,19+,20-/m0/s1. The maximum Gasteiger partial charge on any atom is 0.192 e. The lowest BCUT2D eigenvalue weighted by atomic mass is 9.94. The van der Waals surface area contributed by atoms with Crippen LogP contribution in [-0.4, -0.2) is 40.6 Å². The topological polar surface area (TPSA) is 38.7 Å². The summed E-state index contributed by atoms with van der Waals surface area (Å²) in [5, 5.41) is 11.0. The molecule has 0 fully saturated rings. The Morgan fingerprint density at radius 2 is 1.37 bits per heavy atom. The molecule has 0 saturated heterocycles. The summed E-state index contributed by atoms with van der Waals surface area (Å²) in [5.41, 5.74) is 0. The van der Waals surface area contributed by atoms with Gasteiger partial charge < -0.3 is 14.0 Å². The van der Waals surface area contributed by atoms with E-state index in [-0.39, 0.29) is 28.0 Å². The molecule has 0 radical (unpaired) electrons. The van der Waals surface area contributed by atoms with Gasteiger partial charge in [0, 0.05) is 12.5 Å². The lowest BCUT2D eigenvalue weighted by molar-refractivity contribution is 0.0263. The SMILES string of the molecule is C=C[C@H](C)[C@H](O)C[C@H](O[Si](C)(C)C(C)(C)C)[C@@H](C)CO[Si](C)(C)C(C)(C)C. The van der Waals surface area contributed by atoms with E-state index < -0.39 is 22.7 Å². The Labute approximate surface area is 172 Å². The molecule has 5 heteroatoms. The summed E-state index contributed by atoms with van der Waals surface area (Å²) in [5.74, 6) is 0.295. The van der Waals surface area contributed by atoms with Crippen LogP contribution in [0.25, 0.3) is 0 Å². The van der Waals surface area contributed by atoms with Crippen molar-refractivity contribution in [3.63, 3.8) is 0 Å². The summed E-state index contributed by atoms with van der Waals surface area (Å²) in [6.07, 6.45) is 2.01. The minimum atomic E-state index is -1.94. The summed E-state index contributed by atoms with van der Waals surface area (Å²) in [6.45, 7) is 31.5. The van der Waals surface area contributed by atoms with Crippen molar-refractivity contribution in [2.24, 2.45) is 11.8 Å². The molecule has 0 saturated carbocycles. The van der Waals surface area contributed by atoms with Crippen LogP contribution in [0.15, 0.2) is 12.7 Å². The Hall–Kier alpha value is 0.0538. The van der Waals surface area contributed by atoms with Gasteiger partial charge >= 0.3 is 0 Å². The van der Waals surface area contributed by atoms with E-state index in [0.29, 0.717) is 13.0 Å². The van der Waals surface area contributed by atoms with Gasteiger partial charge in [0.25, 0.3) is 0 Å². The Balaban J connectivity index is 5.36. The fourth-order valence-corrected chi connectivity index (χ4v) is 4.78. The first-order valence-electron chi connectivity index (χ1n) is 10.5. The molecule has 0 unspecified atom stereocenters. The molecule has 0 bridgehead atoms. The number of hydrogen-bond acceptors (Lipinski definition) is 3. The van der Waals surface area contributed by atoms with Crippen LogP contribution in [-0.2, 0) is 8.85 Å². The van der Waals surface area contributed by atoms with Crippen molar-refractivity contribution < 1.29 is 14.0 Å². The fraction of sp³-hybridized carbons (Fsp3) is 0.909. The first-order valence-corrected chi connectivity index (χ1v) is 16.3. The molecule has 0 rings (SSSR count). The molecule has 162 valence electrons. The first kappa shape index (κ1) is 27.1. The van der Waals surface area contributed by atoms with E-state index in [4.69, 9.17) is 8.85 Å². The van der Waals surface area contributed by atoms with Crippen molar-refractivity contribution in [2.45, 2.75) is 110 Å². The molecule has 27 heavy (non-hydrogen) atoms. The third-order valence-electron chi connectivity index (χ3n) is 6.85. The summed E-state index contributed by atoms with van der Waals surface area (Å²) < 4.78 is 13.2. The molecule has 4 atom stereocenters. The third-order valence-corrected chi connectivity index (χ3v) is 15.9. The highest BCUT2D eigenvalue weighted by Crippen LogP contribution is 2.40. The Bertz CT molecular complexity index is 461. The van der Waals surface area contributed by atoms with E-state index in [2.05, 4.69) is 81.2 Å². The second-order valence-electron chi connectivity index (χ2n) is 11.4. The van der Waals surface area contributed by atoms with Crippen LogP contribution in [0, 0.1) is 11.8 Å². The zero-order valence-corrected chi connectivity index (χ0v) is 22.3. The fourth-order valence-electron chi connectivity index (χ4n) is 2.23. The van der Waals surface area contributed by atoms with Crippen molar-refractivity contribution in [1.29, 1.82) is 0 Å². The molecular weight excluding hydrogens is 368 g/mol. The van der Waals surface area contributed by atoms with Crippen molar-refractivity contribution in [3.8, 4) is 0 Å². The van der Waals surface area contributed by atoms with Crippen LogP contribution < -0.4 is 0 Å². The van der Waals surface area contributed by atoms with E-state index >= 15 is 0 Å². The predicted molar refractivity (Wildman–Crippen MR) is 124 cm³/mol. The largest absolute Gasteiger partial charge is 0.416 e. The van der Waals surface area contributed by atoms with E-state index in [9.17, 15) is 5.11 Å². The van der Waals surface area contributed by atoms with Crippen molar-refractivity contribution in [2.75, 3.05) is 6.61 Å². The minimum Gasteiger partial charge on any atom is -0.416 e. The number of hydrogen-bond donors (Lipinski definition) is 1. The van der Waals surface area contributed by atoms with Crippen LogP contribution in [0.3, 0.4) is 0 Å². The zero-order valence-electron chi connectivity index (χ0n) is 20.3. The summed E-state index contributed by atoms with van der Waals surface area (Å²) in [6, 6.07) is 0. The highest BCUT2D eigenvalue weighted by Gasteiger charge is 2.42. The molecular formula is C22H48O3Si2. The Morgan fingerprint density at radius 1 is 0.926 bits per heavy atom. The van der Waals surface area contributed by atoms with Crippen LogP contribution in [0.2, 0.25) is 36.3 Å². The van der Waals surface area contributed by atoms with Gasteiger partial charge in [0.2, 0.25) is 0 Å². The average Bonchev–Trinajstić information content (AvgIpc) is 2.48. The molecule has 0 spiro atoms. The van der Waals surface area contributed by atoms with Crippen LogP contribution in [0.4, 0.5) is 0 Å². The highest BCUT2D eigenvalue weighted by atomic mass is 28.4. The summed E-state index contributed by atoms with van der Waals surface area (Å²) >= 11 is 0. The number of aliphatic hydroxyl groups excluding tert-OH is 1. The van der Waals surface area contributed by atoms with Crippen molar-refractivity contribution in [1.82, 2.24) is 0 Å². The van der Waals surface area contributed by atoms with Gasteiger partial charge in [-0.2, -0.15) is 0 Å². The second kappa shape index (κ2) is 9.70. The van der Waals surface area contributed by atoms with E-state index in [0.717, 1.165) is 0 Å². The van der Waals surface area contributed by atoms with Crippen LogP contribution in [0.5, 0.6) is 0 Å². The minimum absolute atomic E-state index is 0.00643. The van der Waals surface area contributed by atoms with Crippen LogP contribution >= 0.6 is 0 Å². The average molecular weight is 417 g/mol. The van der Waals surface area contributed by atoms with Gasteiger partial charge in [-0.1, -0.05) is 61.5 Å².